The molecule has 1 fully saturated rings. The predicted octanol–water partition coefficient (Wildman–Crippen LogP) is 3.19. The zero-order chi connectivity index (χ0) is 20.4. The van der Waals surface area contributed by atoms with E-state index in [0.29, 0.717) is 13.1 Å². The molecule has 0 spiro atoms. The van der Waals surface area contributed by atoms with Crippen molar-refractivity contribution in [3.05, 3.63) is 78.1 Å². The Hall–Kier alpha value is -3.41. The van der Waals surface area contributed by atoms with Crippen molar-refractivity contribution in [1.29, 1.82) is 0 Å². The van der Waals surface area contributed by atoms with Crippen LogP contribution >= 0.6 is 0 Å². The lowest BCUT2D eigenvalue weighted by molar-refractivity contribution is -0.135. The molecule has 6 heteroatoms. The second-order valence-corrected chi connectivity index (χ2v) is 7.56. The summed E-state index contributed by atoms with van der Waals surface area (Å²) in [5.74, 6) is -0.337. The van der Waals surface area contributed by atoms with Gasteiger partial charge in [-0.1, -0.05) is 35.9 Å². The van der Waals surface area contributed by atoms with Crippen molar-refractivity contribution in [2.45, 2.75) is 19.9 Å². The van der Waals surface area contributed by atoms with Crippen molar-refractivity contribution in [3.8, 4) is 5.69 Å². The fourth-order valence-corrected chi connectivity index (χ4v) is 3.67. The Balaban J connectivity index is 1.40. The summed E-state index contributed by atoms with van der Waals surface area (Å²) in [6, 6.07) is 17.7. The molecule has 2 amide bonds. The lowest BCUT2D eigenvalue weighted by atomic mass is 10.1. The monoisotopic (exact) mass is 388 g/mol. The minimum absolute atomic E-state index is 0.00231. The van der Waals surface area contributed by atoms with Crippen LogP contribution < -0.4 is 4.90 Å². The van der Waals surface area contributed by atoms with E-state index in [4.69, 9.17) is 0 Å². The number of amides is 2. The van der Waals surface area contributed by atoms with E-state index in [1.54, 1.807) is 27.7 Å². The first-order valence-corrected chi connectivity index (χ1v) is 9.72. The number of nitrogens with zero attached hydrogens (tertiary/aromatic N) is 4. The molecule has 0 N–H and O–H groups in total. The number of benzene rings is 2. The van der Waals surface area contributed by atoms with Crippen molar-refractivity contribution in [1.82, 2.24) is 14.7 Å². The Morgan fingerprint density at radius 2 is 1.83 bits per heavy atom. The molecule has 1 saturated heterocycles. The molecule has 1 atom stereocenters. The van der Waals surface area contributed by atoms with Gasteiger partial charge in [0.15, 0.2) is 0 Å². The summed E-state index contributed by atoms with van der Waals surface area (Å²) < 4.78 is 1.80. The third-order valence-electron chi connectivity index (χ3n) is 5.27. The number of rotatable bonds is 5. The fraction of sp³-hybridized carbons (Fsp3) is 0.261. The number of carbonyl (C=O) groups excluding carboxylic acids is 2. The van der Waals surface area contributed by atoms with E-state index in [1.807, 2.05) is 67.7 Å². The largest absolute Gasteiger partial charge is 0.341 e. The van der Waals surface area contributed by atoms with Gasteiger partial charge in [-0.3, -0.25) is 9.59 Å². The molecule has 1 aliphatic rings. The van der Waals surface area contributed by atoms with Gasteiger partial charge in [0.1, 0.15) is 0 Å². The molecular weight excluding hydrogens is 364 g/mol. The van der Waals surface area contributed by atoms with Crippen molar-refractivity contribution in [2.24, 2.45) is 5.92 Å². The van der Waals surface area contributed by atoms with Crippen LogP contribution in [0.5, 0.6) is 0 Å². The summed E-state index contributed by atoms with van der Waals surface area (Å²) in [4.78, 5) is 28.8. The summed E-state index contributed by atoms with van der Waals surface area (Å²) in [5, 5.41) is 4.38. The Morgan fingerprint density at radius 1 is 1.10 bits per heavy atom. The van der Waals surface area contributed by atoms with Gasteiger partial charge in [-0.2, -0.15) is 5.10 Å². The van der Waals surface area contributed by atoms with Crippen LogP contribution in [-0.4, -0.2) is 40.1 Å². The maximum Gasteiger partial charge on any atom is 0.228 e. The molecule has 0 aliphatic carbocycles. The summed E-state index contributed by atoms with van der Waals surface area (Å²) >= 11 is 0. The summed E-state index contributed by atoms with van der Waals surface area (Å²) in [7, 11) is 1.78. The molecule has 3 aromatic rings. The molecule has 1 aliphatic heterocycles. The highest BCUT2D eigenvalue weighted by molar-refractivity contribution is 6.00. The molecular formula is C23H24N4O2. The molecule has 29 heavy (non-hydrogen) atoms. The quantitative estimate of drug-likeness (QED) is 0.674. The van der Waals surface area contributed by atoms with Crippen LogP contribution in [-0.2, 0) is 16.1 Å². The molecule has 1 aromatic heterocycles. The molecule has 2 aromatic carbocycles. The number of para-hydroxylation sites is 1. The summed E-state index contributed by atoms with van der Waals surface area (Å²) in [6.45, 7) is 2.89. The number of carbonyl (C=O) groups is 2. The van der Waals surface area contributed by atoms with Gasteiger partial charge in [-0.15, -0.1) is 0 Å². The van der Waals surface area contributed by atoms with Gasteiger partial charge in [0.05, 0.1) is 17.8 Å². The van der Waals surface area contributed by atoms with E-state index in [2.05, 4.69) is 5.10 Å². The zero-order valence-corrected chi connectivity index (χ0v) is 16.7. The van der Waals surface area contributed by atoms with Gasteiger partial charge in [0, 0.05) is 44.0 Å². The maximum atomic E-state index is 12.9. The summed E-state index contributed by atoms with van der Waals surface area (Å²) in [6.07, 6.45) is 3.95. The number of aryl methyl sites for hydroxylation is 1. The normalized spacial score (nSPS) is 16.3. The van der Waals surface area contributed by atoms with Crippen molar-refractivity contribution < 1.29 is 9.59 Å². The highest BCUT2D eigenvalue weighted by Gasteiger charge is 2.36. The molecule has 148 valence electrons. The Kier molecular flexibility index (Phi) is 5.16. The molecule has 1 unspecified atom stereocenters. The van der Waals surface area contributed by atoms with Crippen LogP contribution in [0.4, 0.5) is 5.69 Å². The van der Waals surface area contributed by atoms with Gasteiger partial charge in [-0.25, -0.2) is 4.68 Å². The second kappa shape index (κ2) is 7.91. The molecule has 2 heterocycles. The predicted molar refractivity (Wildman–Crippen MR) is 112 cm³/mol. The first-order chi connectivity index (χ1) is 14.0. The topological polar surface area (TPSA) is 58.4 Å². The minimum atomic E-state index is -0.321. The van der Waals surface area contributed by atoms with E-state index < -0.39 is 0 Å². The van der Waals surface area contributed by atoms with Gasteiger partial charge in [0.2, 0.25) is 11.8 Å². The second-order valence-electron chi connectivity index (χ2n) is 7.56. The Bertz CT molecular complexity index is 1010. The average Bonchev–Trinajstić information content (AvgIpc) is 3.35. The van der Waals surface area contributed by atoms with Gasteiger partial charge >= 0.3 is 0 Å². The smallest absolute Gasteiger partial charge is 0.228 e. The number of anilines is 1. The van der Waals surface area contributed by atoms with E-state index in [1.165, 1.54) is 0 Å². The maximum absolute atomic E-state index is 12.9. The fourth-order valence-electron chi connectivity index (χ4n) is 3.67. The Labute approximate surface area is 170 Å². The minimum Gasteiger partial charge on any atom is -0.341 e. The van der Waals surface area contributed by atoms with Gasteiger partial charge in [-0.05, 0) is 31.2 Å². The SMILES string of the molecule is Cc1ccc(N2CC(C(=O)N(C)Cc3cnn(-c4ccccc4)c3)CC2=O)cc1. The third-order valence-corrected chi connectivity index (χ3v) is 5.27. The van der Waals surface area contributed by atoms with Gasteiger partial charge < -0.3 is 9.80 Å². The van der Waals surface area contributed by atoms with E-state index in [0.717, 1.165) is 22.5 Å². The number of hydrogen-bond acceptors (Lipinski definition) is 3. The highest BCUT2D eigenvalue weighted by atomic mass is 16.2. The van der Waals surface area contributed by atoms with Crippen molar-refractivity contribution in [3.63, 3.8) is 0 Å². The van der Waals surface area contributed by atoms with Crippen LogP contribution in [0.25, 0.3) is 5.69 Å². The third kappa shape index (κ3) is 4.06. The lowest BCUT2D eigenvalue weighted by Crippen LogP contribution is -2.34. The van der Waals surface area contributed by atoms with Crippen molar-refractivity contribution >= 4 is 17.5 Å². The molecule has 0 saturated carbocycles. The standard InChI is InChI=1S/C23H24N4O2/c1-17-8-10-20(11-9-17)26-16-19(12-22(26)28)23(29)25(2)14-18-13-24-27(15-18)21-6-4-3-5-7-21/h3-11,13,15,19H,12,14,16H2,1-2H3. The van der Waals surface area contributed by atoms with Crippen molar-refractivity contribution in [2.75, 3.05) is 18.5 Å². The van der Waals surface area contributed by atoms with E-state index >= 15 is 0 Å². The Morgan fingerprint density at radius 3 is 2.55 bits per heavy atom. The van der Waals surface area contributed by atoms with Crippen LogP contribution in [0.15, 0.2) is 67.0 Å². The molecule has 6 nitrogen and oxygen atoms in total. The van der Waals surface area contributed by atoms with Crippen LogP contribution in [0, 0.1) is 12.8 Å². The van der Waals surface area contributed by atoms with Gasteiger partial charge in [0.25, 0.3) is 0 Å². The van der Waals surface area contributed by atoms with Crippen LogP contribution in [0.2, 0.25) is 0 Å². The first kappa shape index (κ1) is 18.9. The zero-order valence-electron chi connectivity index (χ0n) is 16.7. The molecule has 0 bridgehead atoms. The van der Waals surface area contributed by atoms with E-state index in [-0.39, 0.29) is 24.2 Å². The average molecular weight is 388 g/mol. The van der Waals surface area contributed by atoms with E-state index in [9.17, 15) is 9.59 Å². The van der Waals surface area contributed by atoms with Crippen LogP contribution in [0.1, 0.15) is 17.5 Å². The molecule has 0 radical (unpaired) electrons. The highest BCUT2D eigenvalue weighted by Crippen LogP contribution is 2.26. The van der Waals surface area contributed by atoms with Crippen LogP contribution in [0.3, 0.4) is 0 Å². The molecule has 4 rings (SSSR count). The summed E-state index contributed by atoms with van der Waals surface area (Å²) in [5.41, 5.74) is 3.92. The number of aromatic nitrogens is 2. The first-order valence-electron chi connectivity index (χ1n) is 9.72. The number of hydrogen-bond donors (Lipinski definition) is 0. The lowest BCUT2D eigenvalue weighted by Gasteiger charge is -2.21.